The zero-order valence-electron chi connectivity index (χ0n) is 7.19. The standard InChI is InChI=1S/C9H9NO2S/c1-7(2)13-9-5-3-8(4-6-9)10(11)12/h3-6H,1H2,2H3. The zero-order valence-corrected chi connectivity index (χ0v) is 8.00. The van der Waals surface area contributed by atoms with Crippen LogP contribution in [0.1, 0.15) is 6.92 Å². The van der Waals surface area contributed by atoms with Crippen molar-refractivity contribution in [1.82, 2.24) is 0 Å². The molecule has 0 saturated heterocycles. The molecule has 13 heavy (non-hydrogen) atoms. The van der Waals surface area contributed by atoms with E-state index in [-0.39, 0.29) is 5.69 Å². The highest BCUT2D eigenvalue weighted by atomic mass is 32.2. The summed E-state index contributed by atoms with van der Waals surface area (Å²) in [5.41, 5.74) is 0.117. The lowest BCUT2D eigenvalue weighted by Gasteiger charge is -1.98. The number of allylic oxidation sites excluding steroid dienone is 1. The third-order valence-electron chi connectivity index (χ3n) is 1.34. The maximum atomic E-state index is 10.3. The molecule has 4 heteroatoms. The monoisotopic (exact) mass is 195 g/mol. The minimum atomic E-state index is -0.408. The number of hydrogen-bond acceptors (Lipinski definition) is 3. The molecule has 0 N–H and O–H groups in total. The number of non-ortho nitro benzene ring substituents is 1. The largest absolute Gasteiger partial charge is 0.269 e. The van der Waals surface area contributed by atoms with Crippen molar-refractivity contribution in [3.05, 3.63) is 45.9 Å². The molecule has 1 aromatic rings. The van der Waals surface area contributed by atoms with E-state index < -0.39 is 4.92 Å². The maximum absolute atomic E-state index is 10.3. The first-order valence-electron chi connectivity index (χ1n) is 3.67. The van der Waals surface area contributed by atoms with Gasteiger partial charge in [0.1, 0.15) is 0 Å². The summed E-state index contributed by atoms with van der Waals surface area (Å²) < 4.78 is 0. The Hall–Kier alpha value is -1.29. The lowest BCUT2D eigenvalue weighted by Crippen LogP contribution is -1.86. The summed E-state index contributed by atoms with van der Waals surface area (Å²) in [5, 5.41) is 10.3. The summed E-state index contributed by atoms with van der Waals surface area (Å²) >= 11 is 1.50. The van der Waals surface area contributed by atoms with Crippen LogP contribution in [0.3, 0.4) is 0 Å². The van der Waals surface area contributed by atoms with Crippen LogP contribution in [0.4, 0.5) is 5.69 Å². The molecule has 0 amide bonds. The van der Waals surface area contributed by atoms with Gasteiger partial charge >= 0.3 is 0 Å². The number of hydrogen-bond donors (Lipinski definition) is 0. The van der Waals surface area contributed by atoms with E-state index in [9.17, 15) is 10.1 Å². The number of rotatable bonds is 3. The highest BCUT2D eigenvalue weighted by molar-refractivity contribution is 8.03. The summed E-state index contributed by atoms with van der Waals surface area (Å²) in [6.07, 6.45) is 0. The predicted molar refractivity (Wildman–Crippen MR) is 53.8 cm³/mol. The molecule has 0 unspecified atom stereocenters. The fraction of sp³-hybridized carbons (Fsp3) is 0.111. The van der Waals surface area contributed by atoms with E-state index >= 15 is 0 Å². The molecule has 0 aliphatic rings. The van der Waals surface area contributed by atoms with Crippen molar-refractivity contribution in [2.24, 2.45) is 0 Å². The van der Waals surface area contributed by atoms with Crippen LogP contribution < -0.4 is 0 Å². The molecule has 3 nitrogen and oxygen atoms in total. The van der Waals surface area contributed by atoms with E-state index in [0.29, 0.717) is 0 Å². The van der Waals surface area contributed by atoms with Crippen molar-refractivity contribution < 1.29 is 4.92 Å². The maximum Gasteiger partial charge on any atom is 0.269 e. The Morgan fingerprint density at radius 2 is 2.00 bits per heavy atom. The molecule has 0 aliphatic heterocycles. The molecule has 0 heterocycles. The second-order valence-electron chi connectivity index (χ2n) is 2.56. The Bertz CT molecular complexity index is 332. The first-order chi connectivity index (χ1) is 6.09. The number of benzene rings is 1. The molecule has 68 valence electrons. The van der Waals surface area contributed by atoms with Gasteiger partial charge in [0.05, 0.1) is 4.92 Å². The van der Waals surface area contributed by atoms with E-state index in [1.165, 1.54) is 23.9 Å². The molecule has 0 spiro atoms. The Kier molecular flexibility index (Phi) is 3.08. The van der Waals surface area contributed by atoms with Crippen LogP contribution in [0.5, 0.6) is 0 Å². The molecule has 0 aromatic heterocycles. The van der Waals surface area contributed by atoms with Crippen molar-refractivity contribution in [2.75, 3.05) is 0 Å². The molecule has 1 aromatic carbocycles. The van der Waals surface area contributed by atoms with Gasteiger partial charge in [-0.25, -0.2) is 0 Å². The molecule has 1 rings (SSSR count). The second-order valence-corrected chi connectivity index (χ2v) is 3.93. The van der Waals surface area contributed by atoms with Gasteiger partial charge in [-0.2, -0.15) is 0 Å². The fourth-order valence-electron chi connectivity index (χ4n) is 0.837. The Labute approximate surface area is 80.6 Å². The summed E-state index contributed by atoms with van der Waals surface area (Å²) in [4.78, 5) is 11.8. The summed E-state index contributed by atoms with van der Waals surface area (Å²) in [6, 6.07) is 6.42. The topological polar surface area (TPSA) is 43.1 Å². The second kappa shape index (κ2) is 4.09. The van der Waals surface area contributed by atoms with Crippen LogP contribution in [0.25, 0.3) is 0 Å². The van der Waals surface area contributed by atoms with Crippen LogP contribution in [-0.2, 0) is 0 Å². The van der Waals surface area contributed by atoms with Gasteiger partial charge < -0.3 is 0 Å². The minimum Gasteiger partial charge on any atom is -0.258 e. The Morgan fingerprint density at radius 3 is 2.38 bits per heavy atom. The molecular weight excluding hydrogens is 186 g/mol. The van der Waals surface area contributed by atoms with Gasteiger partial charge in [0.2, 0.25) is 0 Å². The van der Waals surface area contributed by atoms with Crippen LogP contribution in [0.15, 0.2) is 40.6 Å². The zero-order chi connectivity index (χ0) is 9.84. The van der Waals surface area contributed by atoms with E-state index in [1.54, 1.807) is 12.1 Å². The highest BCUT2D eigenvalue weighted by Gasteiger charge is 2.03. The lowest BCUT2D eigenvalue weighted by atomic mass is 10.3. The molecule has 0 bridgehead atoms. The number of nitro benzene ring substituents is 1. The van der Waals surface area contributed by atoms with E-state index in [4.69, 9.17) is 0 Å². The van der Waals surface area contributed by atoms with Crippen molar-refractivity contribution in [1.29, 1.82) is 0 Å². The van der Waals surface area contributed by atoms with Gasteiger partial charge in [-0.15, -0.1) is 0 Å². The molecule has 0 aliphatic carbocycles. The van der Waals surface area contributed by atoms with E-state index in [1.807, 2.05) is 6.92 Å². The average molecular weight is 195 g/mol. The van der Waals surface area contributed by atoms with Gasteiger partial charge in [-0.1, -0.05) is 18.3 Å². The SMILES string of the molecule is C=C(C)Sc1ccc([N+](=O)[O-])cc1. The third-order valence-corrected chi connectivity index (χ3v) is 2.20. The normalized spacial score (nSPS) is 9.62. The lowest BCUT2D eigenvalue weighted by molar-refractivity contribution is -0.384. The quantitative estimate of drug-likeness (QED) is 0.422. The van der Waals surface area contributed by atoms with Crippen LogP contribution in [0.2, 0.25) is 0 Å². The van der Waals surface area contributed by atoms with Crippen LogP contribution in [-0.4, -0.2) is 4.92 Å². The summed E-state index contributed by atoms with van der Waals surface area (Å²) in [6.45, 7) is 5.63. The Morgan fingerprint density at radius 1 is 1.46 bits per heavy atom. The molecular formula is C9H9NO2S. The van der Waals surface area contributed by atoms with Crippen molar-refractivity contribution in [3.63, 3.8) is 0 Å². The van der Waals surface area contributed by atoms with Gasteiger partial charge in [-0.3, -0.25) is 10.1 Å². The van der Waals surface area contributed by atoms with E-state index in [0.717, 1.165) is 9.80 Å². The first kappa shape index (κ1) is 9.80. The Balaban J connectivity index is 2.81. The van der Waals surface area contributed by atoms with Crippen molar-refractivity contribution in [3.8, 4) is 0 Å². The highest BCUT2D eigenvalue weighted by Crippen LogP contribution is 2.26. The number of thioether (sulfide) groups is 1. The van der Waals surface area contributed by atoms with Crippen LogP contribution in [0, 0.1) is 10.1 Å². The molecule has 0 fully saturated rings. The number of nitrogens with zero attached hydrogens (tertiary/aromatic N) is 1. The van der Waals surface area contributed by atoms with Gasteiger partial charge in [0.25, 0.3) is 5.69 Å². The van der Waals surface area contributed by atoms with Crippen LogP contribution >= 0.6 is 11.8 Å². The first-order valence-corrected chi connectivity index (χ1v) is 4.49. The summed E-state index contributed by atoms with van der Waals surface area (Å²) in [5.74, 6) is 0. The third kappa shape index (κ3) is 2.91. The number of nitro groups is 1. The minimum absolute atomic E-state index is 0.117. The average Bonchev–Trinajstić information content (AvgIpc) is 2.04. The summed E-state index contributed by atoms with van der Waals surface area (Å²) in [7, 11) is 0. The molecule has 0 atom stereocenters. The van der Waals surface area contributed by atoms with Gasteiger partial charge in [0, 0.05) is 17.0 Å². The van der Waals surface area contributed by atoms with E-state index in [2.05, 4.69) is 6.58 Å². The van der Waals surface area contributed by atoms with Gasteiger partial charge in [0.15, 0.2) is 0 Å². The molecule has 0 radical (unpaired) electrons. The molecule has 0 saturated carbocycles. The van der Waals surface area contributed by atoms with Crippen molar-refractivity contribution in [2.45, 2.75) is 11.8 Å². The van der Waals surface area contributed by atoms with Gasteiger partial charge in [-0.05, 0) is 24.0 Å². The fourth-order valence-corrected chi connectivity index (χ4v) is 1.51. The predicted octanol–water partition coefficient (Wildman–Crippen LogP) is 3.22. The smallest absolute Gasteiger partial charge is 0.258 e. The van der Waals surface area contributed by atoms with Crippen molar-refractivity contribution >= 4 is 17.4 Å².